The first kappa shape index (κ1) is 12.1. The van der Waals surface area contributed by atoms with E-state index >= 15 is 0 Å². The molecule has 0 aliphatic rings. The first-order chi connectivity index (χ1) is 8.45. The summed E-state index contributed by atoms with van der Waals surface area (Å²) in [4.78, 5) is 5.59. The van der Waals surface area contributed by atoms with Crippen LogP contribution < -0.4 is 5.32 Å². The molecule has 1 aromatic carbocycles. The van der Waals surface area contributed by atoms with E-state index in [1.54, 1.807) is 0 Å². The molecule has 2 rings (SSSR count). The lowest BCUT2D eigenvalue weighted by molar-refractivity contribution is 0.715. The summed E-state index contributed by atoms with van der Waals surface area (Å²) < 4.78 is 0. The maximum absolute atomic E-state index is 4.27. The maximum Gasteiger partial charge on any atom is 0.0541 e. The highest BCUT2D eigenvalue weighted by molar-refractivity contribution is 7.99. The first-order valence-corrected chi connectivity index (χ1v) is 6.72. The molecule has 0 spiro atoms. The third-order valence-corrected chi connectivity index (χ3v) is 3.34. The third-order valence-electron chi connectivity index (χ3n) is 2.32. The van der Waals surface area contributed by atoms with Gasteiger partial charge >= 0.3 is 0 Å². The molecule has 17 heavy (non-hydrogen) atoms. The summed E-state index contributed by atoms with van der Waals surface area (Å²) in [7, 11) is 0. The van der Waals surface area contributed by atoms with E-state index in [2.05, 4.69) is 34.6 Å². The summed E-state index contributed by atoms with van der Waals surface area (Å²) in [6, 6.07) is 16.5. The Kier molecular flexibility index (Phi) is 5.07. The molecule has 1 heterocycles. The molecule has 0 atom stereocenters. The van der Waals surface area contributed by atoms with E-state index in [9.17, 15) is 0 Å². The van der Waals surface area contributed by atoms with Crippen LogP contribution in [0.25, 0.3) is 0 Å². The highest BCUT2D eigenvalue weighted by atomic mass is 32.2. The molecule has 0 radical (unpaired) electrons. The molecule has 0 fully saturated rings. The number of hydrogen-bond acceptors (Lipinski definition) is 3. The lowest BCUT2D eigenvalue weighted by Crippen LogP contribution is -2.17. The molecular weight excluding hydrogens is 228 g/mol. The molecule has 2 aromatic rings. The van der Waals surface area contributed by atoms with Crippen molar-refractivity contribution >= 4 is 11.8 Å². The summed E-state index contributed by atoms with van der Waals surface area (Å²) in [5, 5.41) is 3.39. The van der Waals surface area contributed by atoms with Crippen molar-refractivity contribution in [1.29, 1.82) is 0 Å². The van der Waals surface area contributed by atoms with Crippen LogP contribution >= 0.6 is 11.8 Å². The van der Waals surface area contributed by atoms with Gasteiger partial charge in [-0.1, -0.05) is 24.3 Å². The number of nitrogens with zero attached hydrogens (tertiary/aromatic N) is 1. The molecular formula is C14H16N2S. The molecule has 0 saturated heterocycles. The second-order valence-corrected chi connectivity index (χ2v) is 4.83. The topological polar surface area (TPSA) is 24.9 Å². The number of hydrogen-bond donors (Lipinski definition) is 1. The predicted octanol–water partition coefficient (Wildman–Crippen LogP) is 2.96. The average molecular weight is 244 g/mol. The van der Waals surface area contributed by atoms with Crippen molar-refractivity contribution in [2.24, 2.45) is 0 Å². The van der Waals surface area contributed by atoms with Gasteiger partial charge in [-0.05, 0) is 24.3 Å². The normalized spacial score (nSPS) is 10.4. The van der Waals surface area contributed by atoms with E-state index in [4.69, 9.17) is 0 Å². The van der Waals surface area contributed by atoms with Crippen molar-refractivity contribution in [3.63, 3.8) is 0 Å². The Balaban J connectivity index is 1.61. The number of rotatable bonds is 6. The zero-order chi connectivity index (χ0) is 11.8. The van der Waals surface area contributed by atoms with Crippen LogP contribution in [0, 0.1) is 0 Å². The molecule has 0 bridgehead atoms. The van der Waals surface area contributed by atoms with Crippen LogP contribution in [-0.4, -0.2) is 17.3 Å². The van der Waals surface area contributed by atoms with Gasteiger partial charge in [-0.2, -0.15) is 0 Å². The van der Waals surface area contributed by atoms with Gasteiger partial charge in [-0.15, -0.1) is 11.8 Å². The second kappa shape index (κ2) is 7.09. The second-order valence-electron chi connectivity index (χ2n) is 3.66. The summed E-state index contributed by atoms with van der Waals surface area (Å²) in [6.07, 6.45) is 1.83. The minimum atomic E-state index is 0.843. The van der Waals surface area contributed by atoms with Gasteiger partial charge in [0.15, 0.2) is 0 Å². The van der Waals surface area contributed by atoms with Crippen LogP contribution in [0.3, 0.4) is 0 Å². The summed E-state index contributed by atoms with van der Waals surface area (Å²) in [6.45, 7) is 1.84. The molecule has 0 aliphatic heterocycles. The Morgan fingerprint density at radius 1 is 1.00 bits per heavy atom. The summed E-state index contributed by atoms with van der Waals surface area (Å²) in [5.41, 5.74) is 1.09. The van der Waals surface area contributed by atoms with Gasteiger partial charge in [0.25, 0.3) is 0 Å². The molecule has 0 amide bonds. The molecule has 3 heteroatoms. The van der Waals surface area contributed by atoms with Crippen molar-refractivity contribution in [3.8, 4) is 0 Å². The van der Waals surface area contributed by atoms with E-state index in [0.717, 1.165) is 24.5 Å². The molecule has 0 saturated carbocycles. The number of aromatic nitrogens is 1. The number of benzene rings is 1. The molecule has 2 nitrogen and oxygen atoms in total. The maximum atomic E-state index is 4.27. The number of nitrogens with one attached hydrogen (secondary N) is 1. The van der Waals surface area contributed by atoms with Crippen molar-refractivity contribution in [3.05, 3.63) is 60.4 Å². The smallest absolute Gasteiger partial charge is 0.0541 e. The van der Waals surface area contributed by atoms with Crippen molar-refractivity contribution in [2.75, 3.05) is 12.3 Å². The Morgan fingerprint density at radius 3 is 2.59 bits per heavy atom. The van der Waals surface area contributed by atoms with Crippen molar-refractivity contribution in [1.82, 2.24) is 10.3 Å². The van der Waals surface area contributed by atoms with Gasteiger partial charge in [-0.25, -0.2) is 0 Å². The van der Waals surface area contributed by atoms with Crippen LogP contribution in [0.5, 0.6) is 0 Å². The van der Waals surface area contributed by atoms with E-state index in [1.165, 1.54) is 4.90 Å². The zero-order valence-corrected chi connectivity index (χ0v) is 10.5. The fourth-order valence-corrected chi connectivity index (χ4v) is 2.31. The van der Waals surface area contributed by atoms with Gasteiger partial charge in [0, 0.05) is 29.9 Å². The van der Waals surface area contributed by atoms with Crippen LogP contribution in [0.2, 0.25) is 0 Å². The SMILES string of the molecule is c1ccc(SCCNCc2ccccn2)cc1. The monoisotopic (exact) mass is 244 g/mol. The highest BCUT2D eigenvalue weighted by Crippen LogP contribution is 2.15. The van der Waals surface area contributed by atoms with Crippen molar-refractivity contribution < 1.29 is 0 Å². The van der Waals surface area contributed by atoms with E-state index in [0.29, 0.717) is 0 Å². The average Bonchev–Trinajstić information content (AvgIpc) is 2.41. The summed E-state index contributed by atoms with van der Waals surface area (Å²) >= 11 is 1.87. The van der Waals surface area contributed by atoms with Crippen LogP contribution in [-0.2, 0) is 6.54 Å². The lowest BCUT2D eigenvalue weighted by atomic mass is 10.3. The largest absolute Gasteiger partial charge is 0.310 e. The fraction of sp³-hybridized carbons (Fsp3) is 0.214. The van der Waals surface area contributed by atoms with Gasteiger partial charge in [-0.3, -0.25) is 4.98 Å². The highest BCUT2D eigenvalue weighted by Gasteiger charge is 1.94. The van der Waals surface area contributed by atoms with Gasteiger partial charge in [0.1, 0.15) is 0 Å². The summed E-state index contributed by atoms with van der Waals surface area (Å²) in [5.74, 6) is 1.08. The van der Waals surface area contributed by atoms with Crippen molar-refractivity contribution in [2.45, 2.75) is 11.4 Å². The quantitative estimate of drug-likeness (QED) is 0.624. The molecule has 1 aromatic heterocycles. The van der Waals surface area contributed by atoms with Crippen LogP contribution in [0.1, 0.15) is 5.69 Å². The number of pyridine rings is 1. The molecule has 88 valence electrons. The lowest BCUT2D eigenvalue weighted by Gasteiger charge is -2.04. The molecule has 1 N–H and O–H groups in total. The minimum absolute atomic E-state index is 0.843. The molecule has 0 unspecified atom stereocenters. The zero-order valence-electron chi connectivity index (χ0n) is 9.67. The van der Waals surface area contributed by atoms with E-state index < -0.39 is 0 Å². The first-order valence-electron chi connectivity index (χ1n) is 5.73. The van der Waals surface area contributed by atoms with Crippen LogP contribution in [0.4, 0.5) is 0 Å². The predicted molar refractivity (Wildman–Crippen MR) is 73.1 cm³/mol. The third kappa shape index (κ3) is 4.59. The minimum Gasteiger partial charge on any atom is -0.310 e. The van der Waals surface area contributed by atoms with Gasteiger partial charge in [0.2, 0.25) is 0 Å². The Labute approximate surface area is 106 Å². The standard InChI is InChI=1S/C14H16N2S/c1-2-7-14(8-3-1)17-11-10-15-12-13-6-4-5-9-16-13/h1-9,15H,10-12H2. The van der Waals surface area contributed by atoms with Gasteiger partial charge < -0.3 is 5.32 Å². The number of thioether (sulfide) groups is 1. The van der Waals surface area contributed by atoms with Crippen LogP contribution in [0.15, 0.2) is 59.6 Å². The fourth-order valence-electron chi connectivity index (χ4n) is 1.48. The molecule has 0 aliphatic carbocycles. The Hall–Kier alpha value is -1.32. The van der Waals surface area contributed by atoms with E-state index in [1.807, 2.05) is 42.2 Å². The van der Waals surface area contributed by atoms with Gasteiger partial charge in [0.05, 0.1) is 5.69 Å². The van der Waals surface area contributed by atoms with E-state index in [-0.39, 0.29) is 0 Å². The Bertz CT molecular complexity index is 375. The Morgan fingerprint density at radius 2 is 1.82 bits per heavy atom.